The predicted octanol–water partition coefficient (Wildman–Crippen LogP) is 2.86. The highest BCUT2D eigenvalue weighted by atomic mass is 16.5. The number of aromatic nitrogens is 2. The lowest BCUT2D eigenvalue weighted by Gasteiger charge is -2.28. The minimum absolute atomic E-state index is 0.354. The monoisotopic (exact) mass is 338 g/mol. The highest BCUT2D eigenvalue weighted by Crippen LogP contribution is 2.24. The minimum Gasteiger partial charge on any atom is -0.494 e. The van der Waals surface area contributed by atoms with E-state index >= 15 is 0 Å². The molecule has 1 atom stereocenters. The Labute approximate surface area is 149 Å². The van der Waals surface area contributed by atoms with Crippen molar-refractivity contribution in [2.75, 3.05) is 19.7 Å². The minimum atomic E-state index is 0.354. The Morgan fingerprint density at radius 1 is 1.28 bits per heavy atom. The summed E-state index contributed by atoms with van der Waals surface area (Å²) in [5, 5.41) is 3.49. The molecule has 132 valence electrons. The molecule has 4 rings (SSSR count). The van der Waals surface area contributed by atoms with Crippen LogP contribution >= 0.6 is 0 Å². The van der Waals surface area contributed by atoms with Crippen LogP contribution in [0, 0.1) is 0 Å². The molecule has 1 aromatic carbocycles. The molecule has 0 amide bonds. The Morgan fingerprint density at radius 2 is 2.16 bits per heavy atom. The van der Waals surface area contributed by atoms with Gasteiger partial charge in [0, 0.05) is 43.5 Å². The summed E-state index contributed by atoms with van der Waals surface area (Å²) >= 11 is 0. The van der Waals surface area contributed by atoms with Gasteiger partial charge in [-0.3, -0.25) is 4.90 Å². The molecule has 1 saturated heterocycles. The number of benzene rings is 1. The molecule has 5 nitrogen and oxygen atoms in total. The third-order valence-electron chi connectivity index (χ3n) is 5.04. The first-order valence-electron chi connectivity index (χ1n) is 9.34. The highest BCUT2D eigenvalue weighted by molar-refractivity contribution is 5.28. The first kappa shape index (κ1) is 16.5. The maximum absolute atomic E-state index is 5.52. The zero-order valence-electron chi connectivity index (χ0n) is 14.9. The predicted molar refractivity (Wildman–Crippen MR) is 97.4 cm³/mol. The van der Waals surface area contributed by atoms with Crippen LogP contribution in [0.4, 0.5) is 0 Å². The summed E-state index contributed by atoms with van der Waals surface area (Å²) in [5.41, 5.74) is 3.83. The number of nitrogens with one attached hydrogen (secondary N) is 1. The summed E-state index contributed by atoms with van der Waals surface area (Å²) < 4.78 is 5.52. The normalized spacial score (nSPS) is 20.4. The molecule has 0 bridgehead atoms. The van der Waals surface area contributed by atoms with Crippen molar-refractivity contribution in [2.45, 2.75) is 45.3 Å². The van der Waals surface area contributed by atoms with E-state index in [4.69, 9.17) is 9.72 Å². The molecule has 2 aromatic rings. The largest absolute Gasteiger partial charge is 0.494 e. The van der Waals surface area contributed by atoms with Gasteiger partial charge in [-0.05, 0) is 44.0 Å². The number of ether oxygens (including phenoxy) is 1. The van der Waals surface area contributed by atoms with Gasteiger partial charge in [-0.15, -0.1) is 0 Å². The van der Waals surface area contributed by atoms with Gasteiger partial charge in [0.2, 0.25) is 0 Å². The summed E-state index contributed by atoms with van der Waals surface area (Å²) in [7, 11) is 0. The van der Waals surface area contributed by atoms with Crippen LogP contribution < -0.4 is 10.1 Å². The molecule has 0 saturated carbocycles. The topological polar surface area (TPSA) is 50.3 Å². The molecular weight excluding hydrogens is 312 g/mol. The van der Waals surface area contributed by atoms with E-state index in [0.717, 1.165) is 50.6 Å². The summed E-state index contributed by atoms with van der Waals surface area (Å²) in [6, 6.07) is 8.78. The van der Waals surface area contributed by atoms with Crippen molar-refractivity contribution in [1.29, 1.82) is 0 Å². The standard InChI is InChI=1S/C20H26N4O/c1-2-25-17-7-5-15(6-8-17)13-24-11-9-18-16(14-24)12-22-20(23-18)19-4-3-10-21-19/h5-8,12,19,21H,2-4,9-11,13-14H2,1H3/t19-/m0/s1. The molecule has 1 N–H and O–H groups in total. The molecule has 1 fully saturated rings. The fraction of sp³-hybridized carbons (Fsp3) is 0.500. The van der Waals surface area contributed by atoms with Gasteiger partial charge in [-0.25, -0.2) is 9.97 Å². The van der Waals surface area contributed by atoms with Gasteiger partial charge >= 0.3 is 0 Å². The van der Waals surface area contributed by atoms with E-state index in [1.54, 1.807) is 0 Å². The van der Waals surface area contributed by atoms with E-state index in [-0.39, 0.29) is 0 Å². The summed E-state index contributed by atoms with van der Waals surface area (Å²) in [5.74, 6) is 1.92. The van der Waals surface area contributed by atoms with Crippen LogP contribution in [0.15, 0.2) is 30.5 Å². The Hall–Kier alpha value is -1.98. The van der Waals surface area contributed by atoms with Crippen molar-refractivity contribution in [3.05, 3.63) is 53.1 Å². The molecule has 0 aliphatic carbocycles. The van der Waals surface area contributed by atoms with Gasteiger partial charge in [0.1, 0.15) is 11.6 Å². The number of hydrogen-bond donors (Lipinski definition) is 1. The Balaban J connectivity index is 1.40. The Bertz CT molecular complexity index is 710. The van der Waals surface area contributed by atoms with Crippen LogP contribution in [-0.2, 0) is 19.5 Å². The average Bonchev–Trinajstić information content (AvgIpc) is 3.18. The molecule has 5 heteroatoms. The zero-order chi connectivity index (χ0) is 17.1. The number of fused-ring (bicyclic) bond motifs is 1. The van der Waals surface area contributed by atoms with Crippen molar-refractivity contribution in [3.63, 3.8) is 0 Å². The van der Waals surface area contributed by atoms with Crippen LogP contribution in [0.2, 0.25) is 0 Å². The van der Waals surface area contributed by atoms with Gasteiger partial charge in [0.15, 0.2) is 0 Å². The lowest BCUT2D eigenvalue weighted by molar-refractivity contribution is 0.242. The summed E-state index contributed by atoms with van der Waals surface area (Å²) in [4.78, 5) is 11.9. The van der Waals surface area contributed by atoms with E-state index in [0.29, 0.717) is 12.6 Å². The molecule has 25 heavy (non-hydrogen) atoms. The molecule has 2 aliphatic heterocycles. The fourth-order valence-corrected chi connectivity index (χ4v) is 3.71. The maximum atomic E-state index is 5.52. The van der Waals surface area contributed by atoms with E-state index in [1.807, 2.05) is 13.1 Å². The van der Waals surface area contributed by atoms with Gasteiger partial charge in [-0.1, -0.05) is 12.1 Å². The quantitative estimate of drug-likeness (QED) is 0.908. The Morgan fingerprint density at radius 3 is 2.92 bits per heavy atom. The van der Waals surface area contributed by atoms with E-state index in [9.17, 15) is 0 Å². The molecular formula is C20H26N4O. The Kier molecular flexibility index (Phi) is 4.95. The molecule has 0 spiro atoms. The van der Waals surface area contributed by atoms with Gasteiger partial charge in [0.25, 0.3) is 0 Å². The van der Waals surface area contributed by atoms with Crippen molar-refractivity contribution in [1.82, 2.24) is 20.2 Å². The zero-order valence-corrected chi connectivity index (χ0v) is 14.9. The van der Waals surface area contributed by atoms with Crippen LogP contribution in [0.25, 0.3) is 0 Å². The maximum Gasteiger partial charge on any atom is 0.145 e. The van der Waals surface area contributed by atoms with Crippen molar-refractivity contribution >= 4 is 0 Å². The number of nitrogens with zero attached hydrogens (tertiary/aromatic N) is 3. The van der Waals surface area contributed by atoms with E-state index < -0.39 is 0 Å². The highest BCUT2D eigenvalue weighted by Gasteiger charge is 2.23. The van der Waals surface area contributed by atoms with Gasteiger partial charge in [0.05, 0.1) is 12.6 Å². The lowest BCUT2D eigenvalue weighted by Crippen LogP contribution is -2.31. The molecule has 0 unspecified atom stereocenters. The molecule has 0 radical (unpaired) electrons. The van der Waals surface area contributed by atoms with Gasteiger partial charge in [-0.2, -0.15) is 0 Å². The van der Waals surface area contributed by atoms with Crippen LogP contribution in [-0.4, -0.2) is 34.6 Å². The van der Waals surface area contributed by atoms with Crippen molar-refractivity contribution in [2.24, 2.45) is 0 Å². The third-order valence-corrected chi connectivity index (χ3v) is 5.04. The van der Waals surface area contributed by atoms with Crippen molar-refractivity contribution < 1.29 is 4.74 Å². The number of hydrogen-bond acceptors (Lipinski definition) is 5. The second-order valence-corrected chi connectivity index (χ2v) is 6.89. The van der Waals surface area contributed by atoms with Gasteiger partial charge < -0.3 is 10.1 Å². The fourth-order valence-electron chi connectivity index (χ4n) is 3.71. The SMILES string of the molecule is CCOc1ccc(CN2CCc3nc([C@@H]4CCCN4)ncc3C2)cc1. The third kappa shape index (κ3) is 3.83. The molecule has 3 heterocycles. The second-order valence-electron chi connectivity index (χ2n) is 6.89. The van der Waals surface area contributed by atoms with Crippen LogP contribution in [0.1, 0.15) is 48.5 Å². The van der Waals surface area contributed by atoms with Crippen LogP contribution in [0.3, 0.4) is 0 Å². The van der Waals surface area contributed by atoms with E-state index in [1.165, 1.54) is 23.2 Å². The van der Waals surface area contributed by atoms with Crippen molar-refractivity contribution in [3.8, 4) is 5.75 Å². The molecule has 1 aromatic heterocycles. The van der Waals surface area contributed by atoms with Crippen LogP contribution in [0.5, 0.6) is 5.75 Å². The molecule has 2 aliphatic rings. The smallest absolute Gasteiger partial charge is 0.145 e. The average molecular weight is 338 g/mol. The summed E-state index contributed by atoms with van der Waals surface area (Å²) in [6.45, 7) is 6.74. The first-order chi connectivity index (χ1) is 12.3. The number of rotatable bonds is 5. The second kappa shape index (κ2) is 7.50. The van der Waals surface area contributed by atoms with E-state index in [2.05, 4.69) is 39.5 Å². The summed E-state index contributed by atoms with van der Waals surface area (Å²) in [6.07, 6.45) is 5.43. The lowest BCUT2D eigenvalue weighted by atomic mass is 10.1. The first-order valence-corrected chi connectivity index (χ1v) is 9.34.